The number of benzene rings is 1. The Morgan fingerprint density at radius 1 is 1.39 bits per heavy atom. The summed E-state index contributed by atoms with van der Waals surface area (Å²) in [7, 11) is -3.59. The van der Waals surface area contributed by atoms with E-state index >= 15 is 0 Å². The van der Waals surface area contributed by atoms with Crippen LogP contribution in [0.5, 0.6) is 0 Å². The molecular weight excluding hydrogens is 272 g/mol. The molecule has 0 amide bonds. The van der Waals surface area contributed by atoms with E-state index in [1.165, 1.54) is 12.1 Å². The Morgan fingerprint density at radius 2 is 2.11 bits per heavy atom. The summed E-state index contributed by atoms with van der Waals surface area (Å²) in [6, 6.07) is 4.47. The van der Waals surface area contributed by atoms with Crippen LogP contribution in [0.25, 0.3) is 0 Å². The second-order valence-electron chi connectivity index (χ2n) is 4.83. The third-order valence-electron chi connectivity index (χ3n) is 3.41. The minimum absolute atomic E-state index is 0.00695. The minimum atomic E-state index is -3.59. The van der Waals surface area contributed by atoms with Gasteiger partial charge in [-0.25, -0.2) is 13.1 Å². The third-order valence-corrected chi connectivity index (χ3v) is 5.38. The Morgan fingerprint density at radius 3 is 2.72 bits per heavy atom. The summed E-state index contributed by atoms with van der Waals surface area (Å²) < 4.78 is 27.2. The molecule has 0 radical (unpaired) electrons. The molecule has 0 aliphatic heterocycles. The number of rotatable bonds is 3. The van der Waals surface area contributed by atoms with Gasteiger partial charge in [0.25, 0.3) is 0 Å². The Bertz CT molecular complexity index is 545. The Hall–Kier alpha value is -0.780. The molecule has 3 N–H and O–H groups in total. The van der Waals surface area contributed by atoms with Gasteiger partial charge in [0.15, 0.2) is 0 Å². The van der Waals surface area contributed by atoms with Gasteiger partial charge in [0.1, 0.15) is 4.90 Å². The average Bonchev–Trinajstić information content (AvgIpc) is 2.67. The van der Waals surface area contributed by atoms with Crippen molar-refractivity contribution in [2.24, 2.45) is 5.92 Å². The molecule has 2 atom stereocenters. The first-order valence-corrected chi connectivity index (χ1v) is 7.83. The summed E-state index contributed by atoms with van der Waals surface area (Å²) in [4.78, 5) is 0.0586. The molecule has 0 aromatic heterocycles. The topological polar surface area (TPSA) is 72.2 Å². The number of sulfonamides is 1. The van der Waals surface area contributed by atoms with Crippen LogP contribution in [0, 0.1) is 5.92 Å². The van der Waals surface area contributed by atoms with Gasteiger partial charge in [0, 0.05) is 11.7 Å². The molecule has 1 aromatic rings. The zero-order chi connectivity index (χ0) is 13.3. The molecule has 0 spiro atoms. The van der Waals surface area contributed by atoms with Gasteiger partial charge in [-0.2, -0.15) is 0 Å². The van der Waals surface area contributed by atoms with Crippen molar-refractivity contribution in [1.29, 1.82) is 0 Å². The van der Waals surface area contributed by atoms with Gasteiger partial charge in [0.05, 0.1) is 5.02 Å². The molecule has 2 unspecified atom stereocenters. The van der Waals surface area contributed by atoms with Crippen molar-refractivity contribution in [3.63, 3.8) is 0 Å². The van der Waals surface area contributed by atoms with E-state index in [1.807, 2.05) is 0 Å². The maximum absolute atomic E-state index is 12.3. The highest BCUT2D eigenvalue weighted by molar-refractivity contribution is 7.89. The lowest BCUT2D eigenvalue weighted by Crippen LogP contribution is -2.36. The maximum Gasteiger partial charge on any atom is 0.242 e. The standard InChI is InChI=1S/C12H17ClN2O2S/c1-8-3-2-4-11(8)15-18(16,17)12-7-9(14)5-6-10(12)13/h5-8,11,15H,2-4,14H2,1H3. The number of anilines is 1. The van der Waals surface area contributed by atoms with Crippen LogP contribution in [0.4, 0.5) is 5.69 Å². The van der Waals surface area contributed by atoms with Crippen molar-refractivity contribution in [3.8, 4) is 0 Å². The Labute approximate surface area is 113 Å². The van der Waals surface area contributed by atoms with E-state index in [9.17, 15) is 8.42 Å². The predicted octanol–water partition coefficient (Wildman–Crippen LogP) is 2.39. The van der Waals surface area contributed by atoms with E-state index in [1.54, 1.807) is 6.07 Å². The van der Waals surface area contributed by atoms with Crippen molar-refractivity contribution in [3.05, 3.63) is 23.2 Å². The highest BCUT2D eigenvalue weighted by atomic mass is 35.5. The van der Waals surface area contributed by atoms with Crippen molar-refractivity contribution >= 4 is 27.3 Å². The number of hydrogen-bond acceptors (Lipinski definition) is 3. The van der Waals surface area contributed by atoms with E-state index in [0.29, 0.717) is 11.6 Å². The fraction of sp³-hybridized carbons (Fsp3) is 0.500. The van der Waals surface area contributed by atoms with Gasteiger partial charge in [-0.1, -0.05) is 24.9 Å². The van der Waals surface area contributed by atoms with Crippen LogP contribution in [0.1, 0.15) is 26.2 Å². The monoisotopic (exact) mass is 288 g/mol. The highest BCUT2D eigenvalue weighted by Gasteiger charge is 2.29. The van der Waals surface area contributed by atoms with Crippen LogP contribution in [-0.2, 0) is 10.0 Å². The van der Waals surface area contributed by atoms with Gasteiger partial charge in [-0.15, -0.1) is 0 Å². The number of nitrogens with two attached hydrogens (primary N) is 1. The molecule has 0 saturated heterocycles. The number of hydrogen-bond donors (Lipinski definition) is 2. The molecule has 0 bridgehead atoms. The summed E-state index contributed by atoms with van der Waals surface area (Å²) in [5.74, 6) is 0.361. The van der Waals surface area contributed by atoms with Gasteiger partial charge >= 0.3 is 0 Å². The first-order valence-electron chi connectivity index (χ1n) is 5.97. The van der Waals surface area contributed by atoms with E-state index in [4.69, 9.17) is 17.3 Å². The van der Waals surface area contributed by atoms with Crippen molar-refractivity contribution in [1.82, 2.24) is 4.72 Å². The van der Waals surface area contributed by atoms with Gasteiger partial charge < -0.3 is 5.73 Å². The molecule has 0 heterocycles. The van der Waals surface area contributed by atoms with E-state index in [2.05, 4.69) is 11.6 Å². The predicted molar refractivity (Wildman–Crippen MR) is 73.0 cm³/mol. The quantitative estimate of drug-likeness (QED) is 0.839. The lowest BCUT2D eigenvalue weighted by atomic mass is 10.1. The minimum Gasteiger partial charge on any atom is -0.399 e. The van der Waals surface area contributed by atoms with E-state index in [-0.39, 0.29) is 16.0 Å². The molecule has 4 nitrogen and oxygen atoms in total. The number of nitrogens with one attached hydrogen (secondary N) is 1. The van der Waals surface area contributed by atoms with Crippen LogP contribution in [0.3, 0.4) is 0 Å². The maximum atomic E-state index is 12.3. The van der Waals surface area contributed by atoms with Crippen LogP contribution in [0.15, 0.2) is 23.1 Å². The van der Waals surface area contributed by atoms with Crippen LogP contribution in [0.2, 0.25) is 5.02 Å². The summed E-state index contributed by atoms with van der Waals surface area (Å²) in [5, 5.41) is 0.197. The zero-order valence-electron chi connectivity index (χ0n) is 10.2. The third kappa shape index (κ3) is 2.79. The zero-order valence-corrected chi connectivity index (χ0v) is 11.8. The fourth-order valence-electron chi connectivity index (χ4n) is 2.31. The van der Waals surface area contributed by atoms with Crippen LogP contribution in [-0.4, -0.2) is 14.5 Å². The SMILES string of the molecule is CC1CCCC1NS(=O)(=O)c1cc(N)ccc1Cl. The van der Waals surface area contributed by atoms with Crippen molar-refractivity contribution in [2.75, 3.05) is 5.73 Å². The lowest BCUT2D eigenvalue weighted by molar-refractivity contribution is 0.476. The summed E-state index contributed by atoms with van der Waals surface area (Å²) >= 11 is 5.93. The van der Waals surface area contributed by atoms with E-state index < -0.39 is 10.0 Å². The van der Waals surface area contributed by atoms with Crippen molar-refractivity contribution < 1.29 is 8.42 Å². The number of nitrogen functional groups attached to an aromatic ring is 1. The molecule has 2 rings (SSSR count). The van der Waals surface area contributed by atoms with Crippen LogP contribution < -0.4 is 10.5 Å². The second kappa shape index (κ2) is 5.07. The average molecular weight is 289 g/mol. The largest absolute Gasteiger partial charge is 0.399 e. The second-order valence-corrected chi connectivity index (χ2v) is 6.92. The lowest BCUT2D eigenvalue weighted by Gasteiger charge is -2.18. The normalized spacial score (nSPS) is 24.3. The van der Waals surface area contributed by atoms with Gasteiger partial charge in [-0.05, 0) is 37.0 Å². The summed E-state index contributed by atoms with van der Waals surface area (Å²) in [6.07, 6.45) is 2.98. The van der Waals surface area contributed by atoms with E-state index in [0.717, 1.165) is 19.3 Å². The summed E-state index contributed by atoms with van der Waals surface area (Å²) in [5.41, 5.74) is 6.00. The molecule has 1 aliphatic rings. The Kier molecular flexibility index (Phi) is 3.84. The molecule has 1 aliphatic carbocycles. The summed E-state index contributed by atoms with van der Waals surface area (Å²) in [6.45, 7) is 2.06. The molecule has 18 heavy (non-hydrogen) atoms. The smallest absolute Gasteiger partial charge is 0.242 e. The molecule has 100 valence electrons. The fourth-order valence-corrected chi connectivity index (χ4v) is 4.22. The molecular formula is C12H17ClN2O2S. The molecule has 6 heteroatoms. The first kappa shape index (κ1) is 13.6. The Balaban J connectivity index is 2.28. The molecule has 1 saturated carbocycles. The molecule has 1 aromatic carbocycles. The van der Waals surface area contributed by atoms with Gasteiger partial charge in [-0.3, -0.25) is 0 Å². The first-order chi connectivity index (χ1) is 8.40. The van der Waals surface area contributed by atoms with Crippen molar-refractivity contribution in [2.45, 2.75) is 37.1 Å². The highest BCUT2D eigenvalue weighted by Crippen LogP contribution is 2.28. The number of halogens is 1. The molecule has 1 fully saturated rings. The van der Waals surface area contributed by atoms with Crippen LogP contribution >= 0.6 is 11.6 Å². The van der Waals surface area contributed by atoms with Gasteiger partial charge in [0.2, 0.25) is 10.0 Å².